The molecule has 3 rings (SSSR count). The zero-order valence-corrected chi connectivity index (χ0v) is 19.5. The second-order valence-electron chi connectivity index (χ2n) is 7.78. The predicted molar refractivity (Wildman–Crippen MR) is 120 cm³/mol. The van der Waals surface area contributed by atoms with E-state index >= 15 is 0 Å². The molecule has 0 atom stereocenters. The summed E-state index contributed by atoms with van der Waals surface area (Å²) in [4.78, 5) is 26.6. The van der Waals surface area contributed by atoms with Crippen LogP contribution in [0.2, 0.25) is 0 Å². The van der Waals surface area contributed by atoms with E-state index in [-0.39, 0.29) is 31.9 Å². The summed E-state index contributed by atoms with van der Waals surface area (Å²) >= 11 is 0. The Bertz CT molecular complexity index is 1150. The van der Waals surface area contributed by atoms with Gasteiger partial charge >= 0.3 is 12.1 Å². The van der Waals surface area contributed by atoms with Gasteiger partial charge in [0.15, 0.2) is 0 Å². The molecule has 0 aliphatic rings. The smallest absolute Gasteiger partial charge is 0.416 e. The van der Waals surface area contributed by atoms with E-state index in [9.17, 15) is 22.8 Å². The van der Waals surface area contributed by atoms with Crippen LogP contribution in [0.4, 0.5) is 13.2 Å². The zero-order chi connectivity index (χ0) is 25.6. The number of esters is 1. The maximum Gasteiger partial charge on any atom is 0.416 e. The Hall–Kier alpha value is -3.82. The number of nitrogens with zero attached hydrogens (tertiary/aromatic N) is 2. The van der Waals surface area contributed by atoms with Gasteiger partial charge in [-0.15, -0.1) is 0 Å². The molecule has 186 valence electrons. The van der Waals surface area contributed by atoms with Crippen molar-refractivity contribution < 1.29 is 36.8 Å². The molecule has 0 fully saturated rings. The molecule has 0 radical (unpaired) electrons. The van der Waals surface area contributed by atoms with Crippen molar-refractivity contribution in [3.63, 3.8) is 0 Å². The molecule has 1 amide bonds. The molecule has 2 aromatic carbocycles. The van der Waals surface area contributed by atoms with Crippen LogP contribution in [-0.2, 0) is 28.9 Å². The summed E-state index contributed by atoms with van der Waals surface area (Å²) in [5.41, 5.74) is 1.38. The van der Waals surface area contributed by atoms with Crippen molar-refractivity contribution in [1.29, 1.82) is 0 Å². The van der Waals surface area contributed by atoms with E-state index in [0.717, 1.165) is 17.7 Å². The minimum atomic E-state index is -4.47. The highest BCUT2D eigenvalue weighted by atomic mass is 19.4. The molecule has 0 aliphatic heterocycles. The van der Waals surface area contributed by atoms with Crippen LogP contribution in [0, 0.1) is 13.8 Å². The van der Waals surface area contributed by atoms with Gasteiger partial charge in [0.2, 0.25) is 0 Å². The van der Waals surface area contributed by atoms with Gasteiger partial charge < -0.3 is 18.9 Å². The number of hydrogen-bond donors (Lipinski definition) is 0. The molecule has 3 aromatic rings. The number of alkyl halides is 3. The minimum absolute atomic E-state index is 0.0834. The number of carbonyl (C=O) groups excluding carboxylic acids is 2. The number of carbonyl (C=O) groups is 2. The normalized spacial score (nSPS) is 11.3. The Balaban J connectivity index is 1.79. The number of benzene rings is 2. The summed E-state index contributed by atoms with van der Waals surface area (Å²) in [6.07, 6.45) is -4.47. The summed E-state index contributed by atoms with van der Waals surface area (Å²) in [6, 6.07) is 10.8. The average Bonchev–Trinajstić information content (AvgIpc) is 3.14. The third-order valence-corrected chi connectivity index (χ3v) is 5.21. The molecular formula is C25H25F3N2O5. The molecule has 7 nitrogen and oxygen atoms in total. The zero-order valence-electron chi connectivity index (χ0n) is 19.5. The highest BCUT2D eigenvalue weighted by molar-refractivity contribution is 5.96. The second-order valence-corrected chi connectivity index (χ2v) is 7.78. The monoisotopic (exact) mass is 490 g/mol. The number of hydrogen-bond acceptors (Lipinski definition) is 6. The summed E-state index contributed by atoms with van der Waals surface area (Å²) in [5, 5.41) is 3.88. The van der Waals surface area contributed by atoms with Crippen molar-refractivity contribution in [2.75, 3.05) is 13.2 Å². The molecule has 0 N–H and O–H groups in total. The van der Waals surface area contributed by atoms with E-state index in [2.05, 4.69) is 5.16 Å². The third-order valence-electron chi connectivity index (χ3n) is 5.21. The van der Waals surface area contributed by atoms with Crippen LogP contribution in [0.25, 0.3) is 0 Å². The second kappa shape index (κ2) is 11.1. The number of aryl methyl sites for hydroxylation is 2. The Morgan fingerprint density at radius 1 is 1.09 bits per heavy atom. The van der Waals surface area contributed by atoms with Crippen molar-refractivity contribution in [2.24, 2.45) is 0 Å². The van der Waals surface area contributed by atoms with E-state index in [4.69, 9.17) is 14.0 Å². The molecule has 10 heteroatoms. The van der Waals surface area contributed by atoms with Gasteiger partial charge in [-0.05, 0) is 56.7 Å². The molecule has 1 heterocycles. The van der Waals surface area contributed by atoms with Crippen LogP contribution in [0.15, 0.2) is 53.1 Å². The van der Waals surface area contributed by atoms with E-state index in [1.54, 1.807) is 39.0 Å². The number of amides is 1. The summed E-state index contributed by atoms with van der Waals surface area (Å²) < 4.78 is 54.5. The first-order valence-electron chi connectivity index (χ1n) is 10.8. The molecule has 0 aliphatic carbocycles. The van der Waals surface area contributed by atoms with E-state index < -0.39 is 23.6 Å². The van der Waals surface area contributed by atoms with Crippen molar-refractivity contribution in [1.82, 2.24) is 10.1 Å². The molecule has 35 heavy (non-hydrogen) atoms. The molecule has 0 unspecified atom stereocenters. The maximum absolute atomic E-state index is 13.3. The van der Waals surface area contributed by atoms with Crippen LogP contribution in [0.5, 0.6) is 5.75 Å². The molecule has 0 bridgehead atoms. The van der Waals surface area contributed by atoms with E-state index in [0.29, 0.717) is 22.8 Å². The first kappa shape index (κ1) is 25.8. The summed E-state index contributed by atoms with van der Waals surface area (Å²) in [6.45, 7) is 5.08. The van der Waals surface area contributed by atoms with Crippen LogP contribution in [0.1, 0.15) is 45.4 Å². The van der Waals surface area contributed by atoms with E-state index in [1.807, 2.05) is 0 Å². The number of aromatic nitrogens is 1. The first-order chi connectivity index (χ1) is 16.6. The van der Waals surface area contributed by atoms with Gasteiger partial charge in [0.05, 0.1) is 23.4 Å². The average molecular weight is 490 g/mol. The number of ether oxygens (including phenoxy) is 2. The van der Waals surface area contributed by atoms with Crippen LogP contribution >= 0.6 is 0 Å². The summed E-state index contributed by atoms with van der Waals surface area (Å²) in [5.74, 6) is -0.0762. The van der Waals surface area contributed by atoms with E-state index in [1.165, 1.54) is 23.1 Å². The molecule has 1 aromatic heterocycles. The highest BCUT2D eigenvalue weighted by Crippen LogP contribution is 2.29. The third kappa shape index (κ3) is 6.84. The standard InChI is InChI=1S/C25H25F3N2O5/c1-4-33-23(31)14-30(13-18-8-10-20(11-9-18)25(26,27)28)24(32)19-6-5-7-21(12-19)34-15-22-16(2)29-35-17(22)3/h5-12H,4,13-15H2,1-3H3. The van der Waals surface area contributed by atoms with Gasteiger partial charge in [-0.1, -0.05) is 23.4 Å². The molecule has 0 saturated heterocycles. The van der Waals surface area contributed by atoms with Crippen LogP contribution in [-0.4, -0.2) is 35.1 Å². The quantitative estimate of drug-likeness (QED) is 0.389. The van der Waals surface area contributed by atoms with Crippen molar-refractivity contribution in [3.8, 4) is 5.75 Å². The number of rotatable bonds is 9. The number of halogens is 3. The molecule has 0 saturated carbocycles. The van der Waals surface area contributed by atoms with Crippen molar-refractivity contribution in [2.45, 2.75) is 40.1 Å². The lowest BCUT2D eigenvalue weighted by atomic mass is 10.1. The fraction of sp³-hybridized carbons (Fsp3) is 0.320. The lowest BCUT2D eigenvalue weighted by Crippen LogP contribution is -2.36. The van der Waals surface area contributed by atoms with Gasteiger partial charge in [-0.2, -0.15) is 13.2 Å². The van der Waals surface area contributed by atoms with Crippen LogP contribution in [0.3, 0.4) is 0 Å². The fourth-order valence-corrected chi connectivity index (χ4v) is 3.35. The molecular weight excluding hydrogens is 465 g/mol. The van der Waals surface area contributed by atoms with Gasteiger partial charge in [0.25, 0.3) is 5.91 Å². The van der Waals surface area contributed by atoms with Gasteiger partial charge in [0.1, 0.15) is 24.7 Å². The van der Waals surface area contributed by atoms with Crippen LogP contribution < -0.4 is 4.74 Å². The predicted octanol–water partition coefficient (Wildman–Crippen LogP) is 5.09. The lowest BCUT2D eigenvalue weighted by Gasteiger charge is -2.22. The van der Waals surface area contributed by atoms with Crippen molar-refractivity contribution in [3.05, 3.63) is 82.2 Å². The largest absolute Gasteiger partial charge is 0.489 e. The lowest BCUT2D eigenvalue weighted by molar-refractivity contribution is -0.144. The highest BCUT2D eigenvalue weighted by Gasteiger charge is 2.30. The topological polar surface area (TPSA) is 81.9 Å². The molecule has 0 spiro atoms. The SMILES string of the molecule is CCOC(=O)CN(Cc1ccc(C(F)(F)F)cc1)C(=O)c1cccc(OCc2c(C)noc2C)c1. The minimum Gasteiger partial charge on any atom is -0.489 e. The Kier molecular flexibility index (Phi) is 8.16. The van der Waals surface area contributed by atoms with Gasteiger partial charge in [-0.25, -0.2) is 0 Å². The Morgan fingerprint density at radius 2 is 1.80 bits per heavy atom. The van der Waals surface area contributed by atoms with Gasteiger partial charge in [-0.3, -0.25) is 9.59 Å². The van der Waals surface area contributed by atoms with Gasteiger partial charge in [0, 0.05) is 12.1 Å². The van der Waals surface area contributed by atoms with Crippen molar-refractivity contribution >= 4 is 11.9 Å². The Morgan fingerprint density at radius 3 is 2.40 bits per heavy atom. The maximum atomic E-state index is 13.3. The first-order valence-corrected chi connectivity index (χ1v) is 10.8. The summed E-state index contributed by atoms with van der Waals surface area (Å²) in [7, 11) is 0. The Labute approximate surface area is 200 Å². The fourth-order valence-electron chi connectivity index (χ4n) is 3.35.